The quantitative estimate of drug-likeness (QED) is 0.520. The summed E-state index contributed by atoms with van der Waals surface area (Å²) in [5.41, 5.74) is 1.15. The summed E-state index contributed by atoms with van der Waals surface area (Å²) < 4.78 is 0. The molecule has 3 heteroatoms. The maximum atomic E-state index is 8.99. The van der Waals surface area contributed by atoms with Crippen molar-refractivity contribution in [3.63, 3.8) is 0 Å². The van der Waals surface area contributed by atoms with Crippen LogP contribution in [0.2, 0.25) is 0 Å². The third-order valence-corrected chi connectivity index (χ3v) is 3.33. The van der Waals surface area contributed by atoms with E-state index in [2.05, 4.69) is 24.1 Å². The molecule has 0 spiro atoms. The Morgan fingerprint density at radius 2 is 2.07 bits per heavy atom. The van der Waals surface area contributed by atoms with Crippen LogP contribution in [0.3, 0.4) is 0 Å². The SMILES string of the molecule is C=C(CS)CN(CCO)C1CCCC1. The number of hydrogen-bond acceptors (Lipinski definition) is 3. The fourth-order valence-electron chi connectivity index (χ4n) is 2.13. The van der Waals surface area contributed by atoms with Crippen LogP contribution in [-0.4, -0.2) is 41.5 Å². The number of hydrogen-bond donors (Lipinski definition) is 2. The third kappa shape index (κ3) is 3.64. The molecule has 0 bridgehead atoms. The number of rotatable bonds is 6. The maximum absolute atomic E-state index is 8.99. The van der Waals surface area contributed by atoms with Gasteiger partial charge in [-0.2, -0.15) is 12.6 Å². The van der Waals surface area contributed by atoms with E-state index in [0.717, 1.165) is 24.4 Å². The van der Waals surface area contributed by atoms with Crippen LogP contribution >= 0.6 is 12.6 Å². The van der Waals surface area contributed by atoms with E-state index in [4.69, 9.17) is 5.11 Å². The minimum Gasteiger partial charge on any atom is -0.395 e. The highest BCUT2D eigenvalue weighted by molar-refractivity contribution is 7.80. The molecule has 2 nitrogen and oxygen atoms in total. The van der Waals surface area contributed by atoms with E-state index in [0.29, 0.717) is 6.04 Å². The Hall–Kier alpha value is 0.01000. The van der Waals surface area contributed by atoms with Crippen molar-refractivity contribution in [3.8, 4) is 0 Å². The predicted octanol–water partition coefficient (Wildman–Crippen LogP) is 1.71. The van der Waals surface area contributed by atoms with Crippen LogP contribution in [0.15, 0.2) is 12.2 Å². The normalized spacial score (nSPS) is 17.9. The molecule has 14 heavy (non-hydrogen) atoms. The Bertz CT molecular complexity index is 178. The average molecular weight is 215 g/mol. The van der Waals surface area contributed by atoms with Gasteiger partial charge < -0.3 is 5.11 Å². The summed E-state index contributed by atoms with van der Waals surface area (Å²) in [7, 11) is 0. The lowest BCUT2D eigenvalue weighted by Crippen LogP contribution is -2.37. The van der Waals surface area contributed by atoms with Crippen molar-refractivity contribution >= 4 is 12.6 Å². The molecule has 1 fully saturated rings. The fourth-order valence-corrected chi connectivity index (χ4v) is 2.23. The van der Waals surface area contributed by atoms with Crippen LogP contribution in [0.4, 0.5) is 0 Å². The molecule has 0 amide bonds. The van der Waals surface area contributed by atoms with Crippen molar-refractivity contribution in [1.29, 1.82) is 0 Å². The van der Waals surface area contributed by atoms with Crippen LogP contribution in [0.25, 0.3) is 0 Å². The van der Waals surface area contributed by atoms with E-state index in [1.807, 2.05) is 0 Å². The van der Waals surface area contributed by atoms with Crippen LogP contribution in [-0.2, 0) is 0 Å². The van der Waals surface area contributed by atoms with E-state index in [-0.39, 0.29) is 6.61 Å². The second-order valence-electron chi connectivity index (χ2n) is 4.04. The molecule has 0 atom stereocenters. The summed E-state index contributed by atoms with van der Waals surface area (Å²) >= 11 is 4.21. The molecule has 0 aromatic carbocycles. The summed E-state index contributed by atoms with van der Waals surface area (Å²) in [5, 5.41) is 8.99. The molecule has 1 aliphatic rings. The molecule has 1 saturated carbocycles. The maximum Gasteiger partial charge on any atom is 0.0558 e. The monoisotopic (exact) mass is 215 g/mol. The first-order valence-electron chi connectivity index (χ1n) is 5.40. The van der Waals surface area contributed by atoms with Crippen LogP contribution in [0.1, 0.15) is 25.7 Å². The van der Waals surface area contributed by atoms with Crippen molar-refractivity contribution in [2.75, 3.05) is 25.4 Å². The zero-order valence-electron chi connectivity index (χ0n) is 8.78. The lowest BCUT2D eigenvalue weighted by Gasteiger charge is -2.28. The van der Waals surface area contributed by atoms with Gasteiger partial charge in [0.25, 0.3) is 0 Å². The summed E-state index contributed by atoms with van der Waals surface area (Å²) in [6, 6.07) is 0.666. The van der Waals surface area contributed by atoms with Gasteiger partial charge in [0.15, 0.2) is 0 Å². The zero-order chi connectivity index (χ0) is 10.4. The van der Waals surface area contributed by atoms with E-state index in [9.17, 15) is 0 Å². The molecule has 1 rings (SSSR count). The van der Waals surface area contributed by atoms with E-state index >= 15 is 0 Å². The standard InChI is InChI=1S/C11H21NOS/c1-10(9-14)8-12(6-7-13)11-4-2-3-5-11/h11,13-14H,1-9H2. The van der Waals surface area contributed by atoms with Gasteiger partial charge in [-0.1, -0.05) is 25.0 Å². The molecule has 0 saturated heterocycles. The van der Waals surface area contributed by atoms with Crippen LogP contribution in [0.5, 0.6) is 0 Å². The highest BCUT2D eigenvalue weighted by Gasteiger charge is 2.21. The van der Waals surface area contributed by atoms with Gasteiger partial charge >= 0.3 is 0 Å². The van der Waals surface area contributed by atoms with Gasteiger partial charge in [0.2, 0.25) is 0 Å². The Morgan fingerprint density at radius 1 is 1.43 bits per heavy atom. The molecule has 0 radical (unpaired) electrons. The van der Waals surface area contributed by atoms with Gasteiger partial charge in [-0.3, -0.25) is 4.90 Å². The van der Waals surface area contributed by atoms with Crippen molar-refractivity contribution in [2.24, 2.45) is 0 Å². The third-order valence-electron chi connectivity index (χ3n) is 2.88. The van der Waals surface area contributed by atoms with Crippen molar-refractivity contribution in [1.82, 2.24) is 4.90 Å². The van der Waals surface area contributed by atoms with Crippen molar-refractivity contribution < 1.29 is 5.11 Å². The first-order chi connectivity index (χ1) is 6.77. The predicted molar refractivity (Wildman–Crippen MR) is 63.9 cm³/mol. The van der Waals surface area contributed by atoms with Crippen molar-refractivity contribution in [2.45, 2.75) is 31.7 Å². The van der Waals surface area contributed by atoms with Crippen LogP contribution in [0, 0.1) is 0 Å². The van der Waals surface area contributed by atoms with Gasteiger partial charge in [-0.15, -0.1) is 0 Å². The summed E-state index contributed by atoms with van der Waals surface area (Å²) in [6.45, 7) is 5.89. The highest BCUT2D eigenvalue weighted by atomic mass is 32.1. The molecule has 82 valence electrons. The van der Waals surface area contributed by atoms with Gasteiger partial charge in [0.05, 0.1) is 6.61 Å². The second-order valence-corrected chi connectivity index (χ2v) is 4.36. The van der Waals surface area contributed by atoms with Gasteiger partial charge in [0.1, 0.15) is 0 Å². The average Bonchev–Trinajstić information content (AvgIpc) is 2.69. The van der Waals surface area contributed by atoms with Gasteiger partial charge in [0, 0.05) is 24.9 Å². The molecule has 0 aromatic heterocycles. The lowest BCUT2D eigenvalue weighted by molar-refractivity contribution is 0.163. The van der Waals surface area contributed by atoms with Gasteiger partial charge in [-0.05, 0) is 12.8 Å². The molecule has 1 N–H and O–H groups in total. The van der Waals surface area contributed by atoms with Crippen molar-refractivity contribution in [3.05, 3.63) is 12.2 Å². The molecule has 0 aliphatic heterocycles. The highest BCUT2D eigenvalue weighted by Crippen LogP contribution is 2.23. The molecule has 0 unspecified atom stereocenters. The minimum absolute atomic E-state index is 0.246. The number of aliphatic hydroxyl groups excluding tert-OH is 1. The van der Waals surface area contributed by atoms with E-state index in [1.54, 1.807) is 0 Å². The number of aliphatic hydroxyl groups is 1. The smallest absolute Gasteiger partial charge is 0.0558 e. The Labute approximate surface area is 92.4 Å². The molecule has 1 aliphatic carbocycles. The van der Waals surface area contributed by atoms with Gasteiger partial charge in [-0.25, -0.2) is 0 Å². The second kappa shape index (κ2) is 6.49. The molecular formula is C11H21NOS. The number of nitrogens with zero attached hydrogens (tertiary/aromatic N) is 1. The minimum atomic E-state index is 0.246. The molecular weight excluding hydrogens is 194 g/mol. The Kier molecular flexibility index (Phi) is 5.60. The Morgan fingerprint density at radius 3 is 2.57 bits per heavy atom. The number of thiol groups is 1. The van der Waals surface area contributed by atoms with E-state index in [1.165, 1.54) is 25.7 Å². The molecule has 0 aromatic rings. The fraction of sp³-hybridized carbons (Fsp3) is 0.818. The summed E-state index contributed by atoms with van der Waals surface area (Å²) in [6.07, 6.45) is 5.22. The van der Waals surface area contributed by atoms with Crippen LogP contribution < -0.4 is 0 Å². The lowest BCUT2D eigenvalue weighted by atomic mass is 10.2. The topological polar surface area (TPSA) is 23.5 Å². The summed E-state index contributed by atoms with van der Waals surface area (Å²) in [4.78, 5) is 2.35. The Balaban J connectivity index is 2.40. The largest absolute Gasteiger partial charge is 0.395 e. The zero-order valence-corrected chi connectivity index (χ0v) is 9.68. The first-order valence-corrected chi connectivity index (χ1v) is 6.03. The summed E-state index contributed by atoms with van der Waals surface area (Å²) in [5.74, 6) is 0.745. The first kappa shape index (κ1) is 12.1. The van der Waals surface area contributed by atoms with E-state index < -0.39 is 0 Å². The molecule has 0 heterocycles.